The van der Waals surface area contributed by atoms with Gasteiger partial charge in [0.1, 0.15) is 5.56 Å². The predicted molar refractivity (Wildman–Crippen MR) is 112 cm³/mol. The van der Waals surface area contributed by atoms with Crippen molar-refractivity contribution in [2.75, 3.05) is 0 Å². The third-order valence-electron chi connectivity index (χ3n) is 5.61. The molecule has 0 aliphatic heterocycles. The number of hydrogen-bond donors (Lipinski definition) is 1. The highest BCUT2D eigenvalue weighted by molar-refractivity contribution is 5.95. The van der Waals surface area contributed by atoms with E-state index in [0.717, 1.165) is 41.8 Å². The number of nitrogens with one attached hydrogen (secondary N) is 1. The van der Waals surface area contributed by atoms with Gasteiger partial charge in [0.2, 0.25) is 0 Å². The van der Waals surface area contributed by atoms with Crippen LogP contribution in [0.1, 0.15) is 51.8 Å². The van der Waals surface area contributed by atoms with E-state index in [1.807, 2.05) is 49.5 Å². The Labute approximate surface area is 169 Å². The largest absolute Gasteiger partial charge is 0.345 e. The molecule has 1 aliphatic carbocycles. The second-order valence-corrected chi connectivity index (χ2v) is 7.59. The molecular weight excluding hydrogens is 364 g/mol. The number of carbonyl (C=O) groups is 1. The molecule has 4 rings (SSSR count). The Morgan fingerprint density at radius 2 is 1.97 bits per heavy atom. The van der Waals surface area contributed by atoms with Crippen LogP contribution in [-0.2, 0) is 13.5 Å². The Balaban J connectivity index is 1.63. The lowest BCUT2D eigenvalue weighted by Gasteiger charge is -2.26. The number of nitrogens with zero attached hydrogens (tertiary/aromatic N) is 3. The number of fused-ring (bicyclic) bond motifs is 1. The fourth-order valence-corrected chi connectivity index (χ4v) is 3.91. The molecule has 3 aromatic rings. The van der Waals surface area contributed by atoms with Crippen LogP contribution in [0.25, 0.3) is 11.4 Å². The lowest BCUT2D eigenvalue weighted by atomic mass is 9.92. The first-order valence-corrected chi connectivity index (χ1v) is 9.85. The summed E-state index contributed by atoms with van der Waals surface area (Å²) in [5.41, 5.74) is 4.32. The van der Waals surface area contributed by atoms with Gasteiger partial charge in [-0.25, -0.2) is 9.97 Å². The van der Waals surface area contributed by atoms with Gasteiger partial charge >= 0.3 is 0 Å². The van der Waals surface area contributed by atoms with Crippen molar-refractivity contribution in [1.29, 1.82) is 0 Å². The molecule has 1 aromatic carbocycles. The zero-order valence-corrected chi connectivity index (χ0v) is 16.9. The molecule has 6 nitrogen and oxygen atoms in total. The van der Waals surface area contributed by atoms with Crippen LogP contribution < -0.4 is 10.9 Å². The molecule has 29 heavy (non-hydrogen) atoms. The monoisotopic (exact) mass is 388 g/mol. The maximum Gasteiger partial charge on any atom is 0.263 e. The molecule has 0 bridgehead atoms. The molecule has 1 amide bonds. The van der Waals surface area contributed by atoms with Crippen LogP contribution in [0, 0.1) is 13.8 Å². The smallest absolute Gasteiger partial charge is 0.263 e. The van der Waals surface area contributed by atoms with Crippen LogP contribution in [0.4, 0.5) is 0 Å². The summed E-state index contributed by atoms with van der Waals surface area (Å²) < 4.78 is 1.51. The van der Waals surface area contributed by atoms with Crippen molar-refractivity contribution >= 4 is 5.91 Å². The summed E-state index contributed by atoms with van der Waals surface area (Å²) in [6.45, 7) is 3.66. The van der Waals surface area contributed by atoms with E-state index >= 15 is 0 Å². The van der Waals surface area contributed by atoms with Gasteiger partial charge in [-0.15, -0.1) is 0 Å². The van der Waals surface area contributed by atoms with E-state index in [9.17, 15) is 9.59 Å². The standard InChI is InChI=1S/C23H24N4O2/c1-14-12-15(2)27(3)23(29)20(14)22(28)26-19-11-7-10-18-17(19)13-24-21(25-18)16-8-5-4-6-9-16/h4-6,8-9,12-13,19H,7,10-11H2,1-3H3,(H,26,28)/t19-/m0/s1. The minimum Gasteiger partial charge on any atom is -0.345 e. The zero-order valence-electron chi connectivity index (χ0n) is 16.9. The molecule has 1 aliphatic rings. The highest BCUT2D eigenvalue weighted by atomic mass is 16.2. The number of carbonyl (C=O) groups excluding carboxylic acids is 1. The highest BCUT2D eigenvalue weighted by Gasteiger charge is 2.26. The van der Waals surface area contributed by atoms with Gasteiger partial charge in [-0.3, -0.25) is 9.59 Å². The van der Waals surface area contributed by atoms with Gasteiger partial charge in [-0.1, -0.05) is 30.3 Å². The molecule has 6 heteroatoms. The lowest BCUT2D eigenvalue weighted by molar-refractivity contribution is 0.0929. The molecular formula is C23H24N4O2. The summed E-state index contributed by atoms with van der Waals surface area (Å²) in [6, 6.07) is 11.5. The molecule has 0 unspecified atom stereocenters. The molecule has 148 valence electrons. The minimum atomic E-state index is -0.340. The van der Waals surface area contributed by atoms with E-state index in [1.54, 1.807) is 14.0 Å². The first kappa shape index (κ1) is 19.1. The highest BCUT2D eigenvalue weighted by Crippen LogP contribution is 2.29. The Morgan fingerprint density at radius 3 is 2.72 bits per heavy atom. The summed E-state index contributed by atoms with van der Waals surface area (Å²) in [6.07, 6.45) is 4.40. The van der Waals surface area contributed by atoms with Crippen molar-refractivity contribution in [2.45, 2.75) is 39.2 Å². The molecule has 0 spiro atoms. The van der Waals surface area contributed by atoms with Gasteiger partial charge in [-0.05, 0) is 44.7 Å². The zero-order chi connectivity index (χ0) is 20.5. The molecule has 0 fully saturated rings. The summed E-state index contributed by atoms with van der Waals surface area (Å²) in [5, 5.41) is 3.05. The molecule has 2 heterocycles. The van der Waals surface area contributed by atoms with Gasteiger partial charge in [0.25, 0.3) is 11.5 Å². The Morgan fingerprint density at radius 1 is 1.21 bits per heavy atom. The van der Waals surface area contributed by atoms with Gasteiger partial charge in [0.05, 0.1) is 6.04 Å². The average molecular weight is 388 g/mol. The summed E-state index contributed by atoms with van der Waals surface area (Å²) in [7, 11) is 1.68. The third-order valence-corrected chi connectivity index (χ3v) is 5.61. The fourth-order valence-electron chi connectivity index (χ4n) is 3.91. The minimum absolute atomic E-state index is 0.193. The number of hydrogen-bond acceptors (Lipinski definition) is 4. The van der Waals surface area contributed by atoms with Crippen LogP contribution in [0.15, 0.2) is 47.4 Å². The fraction of sp³-hybridized carbons (Fsp3) is 0.304. The summed E-state index contributed by atoms with van der Waals surface area (Å²) in [4.78, 5) is 34.8. The van der Waals surface area contributed by atoms with Crippen LogP contribution >= 0.6 is 0 Å². The maximum atomic E-state index is 13.0. The van der Waals surface area contributed by atoms with Crippen LogP contribution in [0.2, 0.25) is 0 Å². The number of amides is 1. The summed E-state index contributed by atoms with van der Waals surface area (Å²) >= 11 is 0. The van der Waals surface area contributed by atoms with Crippen LogP contribution in [0.3, 0.4) is 0 Å². The maximum absolute atomic E-state index is 13.0. The molecule has 0 radical (unpaired) electrons. The Hall–Kier alpha value is -3.28. The van der Waals surface area contributed by atoms with Crippen LogP contribution in [-0.4, -0.2) is 20.4 Å². The molecule has 1 N–H and O–H groups in total. The van der Waals surface area contributed by atoms with Crippen molar-refractivity contribution in [3.05, 3.63) is 81.0 Å². The van der Waals surface area contributed by atoms with E-state index in [-0.39, 0.29) is 23.1 Å². The molecule has 0 saturated carbocycles. The van der Waals surface area contributed by atoms with Crippen LogP contribution in [0.5, 0.6) is 0 Å². The van der Waals surface area contributed by atoms with Crippen molar-refractivity contribution < 1.29 is 4.79 Å². The number of rotatable bonds is 3. The van der Waals surface area contributed by atoms with Crippen molar-refractivity contribution in [3.63, 3.8) is 0 Å². The first-order chi connectivity index (χ1) is 14.0. The molecule has 1 atom stereocenters. The van der Waals surface area contributed by atoms with Gasteiger partial charge in [-0.2, -0.15) is 0 Å². The molecule has 2 aromatic heterocycles. The number of aromatic nitrogens is 3. The van der Waals surface area contributed by atoms with E-state index in [1.165, 1.54) is 4.57 Å². The van der Waals surface area contributed by atoms with Crippen molar-refractivity contribution in [1.82, 2.24) is 19.9 Å². The number of pyridine rings is 1. The predicted octanol–water partition coefficient (Wildman–Crippen LogP) is 3.27. The van der Waals surface area contributed by atoms with Gasteiger partial charge < -0.3 is 9.88 Å². The normalized spacial score (nSPS) is 15.6. The third kappa shape index (κ3) is 3.58. The first-order valence-electron chi connectivity index (χ1n) is 9.85. The Bertz CT molecular complexity index is 1140. The van der Waals surface area contributed by atoms with Crippen molar-refractivity contribution in [3.8, 4) is 11.4 Å². The topological polar surface area (TPSA) is 76.9 Å². The van der Waals surface area contributed by atoms with Gasteiger partial charge in [0.15, 0.2) is 5.82 Å². The SMILES string of the molecule is Cc1cc(C)n(C)c(=O)c1C(=O)N[C@H]1CCCc2nc(-c3ccccc3)ncc21. The number of aryl methyl sites for hydroxylation is 3. The lowest BCUT2D eigenvalue weighted by Crippen LogP contribution is -2.37. The second kappa shape index (κ2) is 7.62. The second-order valence-electron chi connectivity index (χ2n) is 7.59. The van der Waals surface area contributed by atoms with E-state index in [4.69, 9.17) is 4.98 Å². The van der Waals surface area contributed by atoms with E-state index in [2.05, 4.69) is 10.3 Å². The number of benzene rings is 1. The van der Waals surface area contributed by atoms with E-state index in [0.29, 0.717) is 11.4 Å². The molecule has 0 saturated heterocycles. The Kier molecular flexibility index (Phi) is 5.01. The average Bonchev–Trinajstić information content (AvgIpc) is 2.72. The van der Waals surface area contributed by atoms with Gasteiger partial charge in [0, 0.05) is 35.8 Å². The van der Waals surface area contributed by atoms with Crippen molar-refractivity contribution in [2.24, 2.45) is 7.05 Å². The van der Waals surface area contributed by atoms with E-state index < -0.39 is 0 Å². The summed E-state index contributed by atoms with van der Waals surface area (Å²) in [5.74, 6) is 0.354. The quantitative estimate of drug-likeness (QED) is 0.747.